The molecule has 1 N–H and O–H groups in total. The third-order valence-electron chi connectivity index (χ3n) is 1.91. The number of benzene rings is 1. The van der Waals surface area contributed by atoms with Gasteiger partial charge in [-0.15, -0.1) is 11.3 Å². The fourth-order valence-corrected chi connectivity index (χ4v) is 2.60. The first-order chi connectivity index (χ1) is 6.61. The van der Waals surface area contributed by atoms with Crippen molar-refractivity contribution < 1.29 is 13.9 Å². The van der Waals surface area contributed by atoms with Crippen LogP contribution in [-0.4, -0.2) is 5.11 Å². The standard InChI is InChI=1S/C9H5ClF2OS/c10-5-1-2-6(13)8-7(5)4(3-14-8)9(11)12/h1-3,9,13H. The van der Waals surface area contributed by atoms with Gasteiger partial charge in [-0.3, -0.25) is 0 Å². The molecule has 2 aromatic rings. The molecule has 0 saturated carbocycles. The van der Waals surface area contributed by atoms with Crippen LogP contribution in [0.4, 0.5) is 8.78 Å². The van der Waals surface area contributed by atoms with Crippen LogP contribution in [-0.2, 0) is 0 Å². The largest absolute Gasteiger partial charge is 0.506 e. The van der Waals surface area contributed by atoms with E-state index in [1.54, 1.807) is 0 Å². The molecule has 0 unspecified atom stereocenters. The summed E-state index contributed by atoms with van der Waals surface area (Å²) in [4.78, 5) is 0. The predicted molar refractivity (Wildman–Crippen MR) is 53.5 cm³/mol. The lowest BCUT2D eigenvalue weighted by Crippen LogP contribution is -1.81. The maximum absolute atomic E-state index is 12.5. The zero-order valence-electron chi connectivity index (χ0n) is 6.80. The second kappa shape index (κ2) is 3.37. The Bertz CT molecular complexity index is 481. The SMILES string of the molecule is Oc1ccc(Cl)c2c(C(F)F)csc12. The molecule has 0 aliphatic carbocycles. The number of hydrogen-bond acceptors (Lipinski definition) is 2. The van der Waals surface area contributed by atoms with Crippen LogP contribution in [0.25, 0.3) is 10.1 Å². The second-order valence-electron chi connectivity index (χ2n) is 2.76. The summed E-state index contributed by atoms with van der Waals surface area (Å²) in [6.07, 6.45) is -2.57. The fourth-order valence-electron chi connectivity index (χ4n) is 1.28. The van der Waals surface area contributed by atoms with Gasteiger partial charge >= 0.3 is 0 Å². The lowest BCUT2D eigenvalue weighted by atomic mass is 10.2. The van der Waals surface area contributed by atoms with Crippen molar-refractivity contribution in [1.29, 1.82) is 0 Å². The number of aromatic hydroxyl groups is 1. The number of alkyl halides is 2. The molecule has 1 nitrogen and oxygen atoms in total. The van der Waals surface area contributed by atoms with Crippen molar-refractivity contribution in [2.45, 2.75) is 6.43 Å². The van der Waals surface area contributed by atoms with Gasteiger partial charge in [0.15, 0.2) is 0 Å². The van der Waals surface area contributed by atoms with Gasteiger partial charge in [-0.25, -0.2) is 8.78 Å². The van der Waals surface area contributed by atoms with E-state index in [-0.39, 0.29) is 21.7 Å². The van der Waals surface area contributed by atoms with E-state index in [9.17, 15) is 13.9 Å². The molecule has 74 valence electrons. The Kier molecular flexibility index (Phi) is 2.33. The molecular formula is C9H5ClF2OS. The van der Waals surface area contributed by atoms with Crippen molar-refractivity contribution in [2.75, 3.05) is 0 Å². The maximum atomic E-state index is 12.5. The number of hydrogen-bond donors (Lipinski definition) is 1. The highest BCUT2D eigenvalue weighted by molar-refractivity contribution is 7.17. The number of phenolic OH excluding ortho intramolecular Hbond substituents is 1. The van der Waals surface area contributed by atoms with Gasteiger partial charge < -0.3 is 5.11 Å². The van der Waals surface area contributed by atoms with E-state index in [4.69, 9.17) is 11.6 Å². The van der Waals surface area contributed by atoms with E-state index < -0.39 is 6.43 Å². The molecule has 1 aromatic heterocycles. The average Bonchev–Trinajstić information content (AvgIpc) is 2.56. The first-order valence-corrected chi connectivity index (χ1v) is 5.03. The summed E-state index contributed by atoms with van der Waals surface area (Å²) < 4.78 is 25.4. The zero-order chi connectivity index (χ0) is 10.3. The molecular weight excluding hydrogens is 230 g/mol. The minimum Gasteiger partial charge on any atom is -0.506 e. The maximum Gasteiger partial charge on any atom is 0.265 e. The third-order valence-corrected chi connectivity index (χ3v) is 3.25. The molecule has 0 aliphatic rings. The summed E-state index contributed by atoms with van der Waals surface area (Å²) in [5.74, 6) is -0.0127. The summed E-state index contributed by atoms with van der Waals surface area (Å²) in [5.41, 5.74) is -0.120. The average molecular weight is 235 g/mol. The molecule has 1 heterocycles. The third kappa shape index (κ3) is 1.35. The smallest absolute Gasteiger partial charge is 0.265 e. The van der Waals surface area contributed by atoms with Crippen molar-refractivity contribution >= 4 is 33.0 Å². The summed E-state index contributed by atoms with van der Waals surface area (Å²) in [6.45, 7) is 0. The first kappa shape index (κ1) is 9.68. The molecule has 2 rings (SSSR count). The van der Waals surface area contributed by atoms with E-state index in [1.165, 1.54) is 17.5 Å². The Morgan fingerprint density at radius 1 is 1.36 bits per heavy atom. The van der Waals surface area contributed by atoms with E-state index in [1.807, 2.05) is 0 Å². The number of thiophene rings is 1. The monoisotopic (exact) mass is 234 g/mol. The summed E-state index contributed by atoms with van der Waals surface area (Å²) in [6, 6.07) is 2.81. The van der Waals surface area contributed by atoms with E-state index in [0.29, 0.717) is 4.70 Å². The molecule has 1 aromatic carbocycles. The van der Waals surface area contributed by atoms with Gasteiger partial charge in [-0.1, -0.05) is 11.6 Å². The number of fused-ring (bicyclic) bond motifs is 1. The highest BCUT2D eigenvalue weighted by Crippen LogP contribution is 2.41. The van der Waals surface area contributed by atoms with E-state index >= 15 is 0 Å². The molecule has 0 saturated heterocycles. The van der Waals surface area contributed by atoms with Crippen molar-refractivity contribution in [3.63, 3.8) is 0 Å². The zero-order valence-corrected chi connectivity index (χ0v) is 8.37. The van der Waals surface area contributed by atoms with Crippen LogP contribution in [0, 0.1) is 0 Å². The van der Waals surface area contributed by atoms with Gasteiger partial charge in [0, 0.05) is 16.3 Å². The van der Waals surface area contributed by atoms with Gasteiger partial charge in [-0.2, -0.15) is 0 Å². The molecule has 14 heavy (non-hydrogen) atoms. The van der Waals surface area contributed by atoms with Gasteiger partial charge in [0.2, 0.25) is 0 Å². The molecule has 0 amide bonds. The van der Waals surface area contributed by atoms with Gasteiger partial charge in [0.25, 0.3) is 6.43 Å². The lowest BCUT2D eigenvalue weighted by Gasteiger charge is -2.00. The Morgan fingerprint density at radius 3 is 2.71 bits per heavy atom. The molecule has 0 atom stereocenters. The van der Waals surface area contributed by atoms with Crippen LogP contribution in [0.5, 0.6) is 5.75 Å². The molecule has 0 radical (unpaired) electrons. The van der Waals surface area contributed by atoms with Crippen LogP contribution >= 0.6 is 22.9 Å². The molecule has 0 fully saturated rings. The number of rotatable bonds is 1. The predicted octanol–water partition coefficient (Wildman–Crippen LogP) is 4.20. The van der Waals surface area contributed by atoms with Crippen LogP contribution < -0.4 is 0 Å². The van der Waals surface area contributed by atoms with Gasteiger partial charge in [-0.05, 0) is 12.1 Å². The quantitative estimate of drug-likeness (QED) is 0.784. The van der Waals surface area contributed by atoms with Crippen LogP contribution in [0.2, 0.25) is 5.02 Å². The Balaban J connectivity index is 2.84. The molecule has 0 spiro atoms. The van der Waals surface area contributed by atoms with Crippen molar-refractivity contribution in [2.24, 2.45) is 0 Å². The van der Waals surface area contributed by atoms with Crippen molar-refractivity contribution in [3.05, 3.63) is 28.1 Å². The van der Waals surface area contributed by atoms with Crippen molar-refractivity contribution in [1.82, 2.24) is 0 Å². The lowest BCUT2D eigenvalue weighted by molar-refractivity contribution is 0.153. The normalized spacial score (nSPS) is 11.4. The molecule has 0 bridgehead atoms. The van der Waals surface area contributed by atoms with Crippen LogP contribution in [0.15, 0.2) is 17.5 Å². The first-order valence-electron chi connectivity index (χ1n) is 3.78. The number of phenols is 1. The van der Waals surface area contributed by atoms with Crippen molar-refractivity contribution in [3.8, 4) is 5.75 Å². The van der Waals surface area contributed by atoms with Crippen LogP contribution in [0.3, 0.4) is 0 Å². The van der Waals surface area contributed by atoms with E-state index in [0.717, 1.165) is 11.3 Å². The van der Waals surface area contributed by atoms with E-state index in [2.05, 4.69) is 0 Å². The van der Waals surface area contributed by atoms with Gasteiger partial charge in [0.1, 0.15) is 5.75 Å². The van der Waals surface area contributed by atoms with Crippen LogP contribution in [0.1, 0.15) is 12.0 Å². The second-order valence-corrected chi connectivity index (χ2v) is 4.05. The summed E-state index contributed by atoms with van der Waals surface area (Å²) in [5, 5.41) is 11.2. The topological polar surface area (TPSA) is 20.2 Å². The minimum absolute atomic E-state index is 0.0127. The Morgan fingerprint density at radius 2 is 2.07 bits per heavy atom. The Hall–Kier alpha value is -0.870. The minimum atomic E-state index is -2.57. The highest BCUT2D eigenvalue weighted by atomic mass is 35.5. The fraction of sp³-hybridized carbons (Fsp3) is 0.111. The highest BCUT2D eigenvalue weighted by Gasteiger charge is 2.17. The summed E-state index contributed by atoms with van der Waals surface area (Å²) in [7, 11) is 0. The number of halogens is 3. The molecule has 0 aliphatic heterocycles. The van der Waals surface area contributed by atoms with Gasteiger partial charge in [0.05, 0.1) is 9.72 Å². The summed E-state index contributed by atoms with van der Waals surface area (Å²) >= 11 is 6.85. The Labute approximate surface area is 87.5 Å². The molecule has 5 heteroatoms.